The number of alkyl halides is 3. The minimum Gasteiger partial charge on any atom is -0.281 e. The molecule has 150 valence electrons. The molecule has 0 saturated carbocycles. The van der Waals surface area contributed by atoms with Gasteiger partial charge in [0.15, 0.2) is 9.84 Å². The Hall–Kier alpha value is -3.20. The number of aromatic amines is 1. The van der Waals surface area contributed by atoms with Crippen LogP contribution in [0.4, 0.5) is 13.2 Å². The van der Waals surface area contributed by atoms with E-state index in [1.54, 1.807) is 23.1 Å². The smallest absolute Gasteiger partial charge is 0.281 e. The summed E-state index contributed by atoms with van der Waals surface area (Å²) in [6, 6.07) is 3.61. The second-order valence-electron chi connectivity index (χ2n) is 6.65. The van der Waals surface area contributed by atoms with Gasteiger partial charge in [-0.25, -0.2) is 13.1 Å². The molecule has 0 unspecified atom stereocenters. The van der Waals surface area contributed by atoms with Crippen LogP contribution in [0.15, 0.2) is 24.7 Å². The van der Waals surface area contributed by atoms with Crippen LogP contribution >= 0.6 is 0 Å². The second-order valence-corrected chi connectivity index (χ2v) is 8.72. The number of aryl methyl sites for hydroxylation is 1. The van der Waals surface area contributed by atoms with E-state index in [9.17, 15) is 21.6 Å². The van der Waals surface area contributed by atoms with Crippen LogP contribution in [-0.4, -0.2) is 45.3 Å². The first-order valence-electron chi connectivity index (χ1n) is 8.43. The van der Waals surface area contributed by atoms with Gasteiger partial charge in [-0.15, -0.1) is 0 Å². The van der Waals surface area contributed by atoms with Crippen molar-refractivity contribution in [3.05, 3.63) is 47.2 Å². The Labute approximate surface area is 162 Å². The van der Waals surface area contributed by atoms with Crippen LogP contribution in [-0.2, 0) is 28.4 Å². The Morgan fingerprint density at radius 3 is 2.79 bits per heavy atom. The number of hydrogen-bond donors (Lipinski definition) is 1. The highest BCUT2D eigenvalue weighted by Gasteiger charge is 2.36. The van der Waals surface area contributed by atoms with Crippen LogP contribution in [0.5, 0.6) is 0 Å². The molecule has 4 rings (SSSR count). The lowest BCUT2D eigenvalue weighted by molar-refractivity contribution is -0.106. The third-order valence-corrected chi connectivity index (χ3v) is 5.97. The van der Waals surface area contributed by atoms with Crippen LogP contribution in [0.1, 0.15) is 22.5 Å². The van der Waals surface area contributed by atoms with Crippen LogP contribution in [0.3, 0.4) is 0 Å². The molecule has 1 aliphatic rings. The molecule has 0 radical (unpaired) electrons. The molecule has 0 atom stereocenters. The molecule has 1 N–H and O–H groups in total. The summed E-state index contributed by atoms with van der Waals surface area (Å²) in [5.41, 5.74) is 3.53. The maximum Gasteiger partial charge on any atom is 0.402 e. The molecule has 29 heavy (non-hydrogen) atoms. The molecule has 0 spiro atoms. The lowest BCUT2D eigenvalue weighted by Gasteiger charge is -2.11. The highest BCUT2D eigenvalue weighted by Crippen LogP contribution is 2.34. The molecule has 0 amide bonds. The van der Waals surface area contributed by atoms with Crippen molar-refractivity contribution in [3.63, 3.8) is 0 Å². The number of nitriles is 1. The van der Waals surface area contributed by atoms with Crippen molar-refractivity contribution < 1.29 is 21.6 Å². The minimum absolute atomic E-state index is 0.163. The average Bonchev–Trinajstić information content (AvgIpc) is 3.23. The number of nitrogens with zero attached hydrogens (tertiary/aromatic N) is 5. The molecular formula is C17H13F3N6O2S. The highest BCUT2D eigenvalue weighted by molar-refractivity contribution is 7.90. The van der Waals surface area contributed by atoms with Gasteiger partial charge in [-0.2, -0.15) is 28.6 Å². The van der Waals surface area contributed by atoms with E-state index in [4.69, 9.17) is 5.26 Å². The molecular weight excluding hydrogens is 409 g/mol. The van der Waals surface area contributed by atoms with E-state index in [2.05, 4.69) is 20.3 Å². The lowest BCUT2D eigenvalue weighted by Crippen LogP contribution is -2.24. The SMILES string of the molecule is N#Cc1cncc(-n2cc3c(n2)CCc2c-3n[nH]c2CS(=O)(=O)CC(F)(F)F)c1. The number of nitrogens with one attached hydrogen (secondary N) is 1. The zero-order valence-electron chi connectivity index (χ0n) is 14.7. The van der Waals surface area contributed by atoms with E-state index in [0.29, 0.717) is 40.9 Å². The monoisotopic (exact) mass is 422 g/mol. The molecule has 8 nitrogen and oxygen atoms in total. The Morgan fingerprint density at radius 2 is 2.07 bits per heavy atom. The third-order valence-electron chi connectivity index (χ3n) is 4.48. The predicted octanol–water partition coefficient (Wildman–Crippen LogP) is 2.10. The molecule has 0 saturated heterocycles. The van der Waals surface area contributed by atoms with Gasteiger partial charge in [-0.3, -0.25) is 10.1 Å². The number of halogens is 3. The van der Waals surface area contributed by atoms with E-state index in [1.165, 1.54) is 6.20 Å². The fourth-order valence-electron chi connectivity index (χ4n) is 3.31. The normalized spacial score (nSPS) is 13.6. The largest absolute Gasteiger partial charge is 0.402 e. The van der Waals surface area contributed by atoms with E-state index < -0.39 is 27.5 Å². The number of sulfone groups is 1. The van der Waals surface area contributed by atoms with Crippen molar-refractivity contribution >= 4 is 9.84 Å². The van der Waals surface area contributed by atoms with Crippen LogP contribution in [0, 0.1) is 11.3 Å². The number of fused-ring (bicyclic) bond motifs is 3. The molecule has 3 aromatic heterocycles. The molecule has 1 aliphatic carbocycles. The zero-order valence-corrected chi connectivity index (χ0v) is 15.5. The van der Waals surface area contributed by atoms with Crippen molar-refractivity contribution in [3.8, 4) is 23.0 Å². The summed E-state index contributed by atoms with van der Waals surface area (Å²) in [5, 5.41) is 20.2. The highest BCUT2D eigenvalue weighted by atomic mass is 32.2. The minimum atomic E-state index is -4.79. The predicted molar refractivity (Wildman–Crippen MR) is 94.6 cm³/mol. The van der Waals surface area contributed by atoms with Crippen molar-refractivity contribution in [2.24, 2.45) is 0 Å². The molecule has 0 aromatic carbocycles. The van der Waals surface area contributed by atoms with E-state index in [0.717, 1.165) is 5.69 Å². The number of H-pyrrole nitrogens is 1. The molecule has 3 aromatic rings. The maximum atomic E-state index is 12.5. The number of pyridine rings is 1. The summed E-state index contributed by atoms with van der Waals surface area (Å²) in [4.78, 5) is 3.99. The van der Waals surface area contributed by atoms with Crippen LogP contribution in [0.2, 0.25) is 0 Å². The molecule has 0 fully saturated rings. The standard InChI is InChI=1S/C17H13F3N6O2S/c18-17(19,20)9-29(27,28)8-15-12-1-2-14-13(16(12)24-23-15)7-26(25-14)11-3-10(4-21)5-22-6-11/h3,5-7H,1-2,8-9H2,(H,23,24). The van der Waals surface area contributed by atoms with Crippen molar-refractivity contribution in [1.82, 2.24) is 25.0 Å². The van der Waals surface area contributed by atoms with Crippen molar-refractivity contribution in [1.29, 1.82) is 5.26 Å². The van der Waals surface area contributed by atoms with Gasteiger partial charge < -0.3 is 0 Å². The van der Waals surface area contributed by atoms with Gasteiger partial charge in [0.25, 0.3) is 0 Å². The summed E-state index contributed by atoms with van der Waals surface area (Å²) in [6.07, 6.45) is 0.738. The van der Waals surface area contributed by atoms with Crippen molar-refractivity contribution in [2.75, 3.05) is 5.75 Å². The summed E-state index contributed by atoms with van der Waals surface area (Å²) in [7, 11) is -4.37. The zero-order chi connectivity index (χ0) is 20.8. The van der Waals surface area contributed by atoms with Gasteiger partial charge in [-0.05, 0) is 18.9 Å². The van der Waals surface area contributed by atoms with Crippen LogP contribution in [0.25, 0.3) is 16.9 Å². The first kappa shape index (κ1) is 19.1. The first-order chi connectivity index (χ1) is 13.6. The summed E-state index contributed by atoms with van der Waals surface area (Å²) in [6.45, 7) is 0. The van der Waals surface area contributed by atoms with E-state index >= 15 is 0 Å². The summed E-state index contributed by atoms with van der Waals surface area (Å²) < 4.78 is 62.8. The number of aromatic nitrogens is 5. The fourth-order valence-corrected chi connectivity index (χ4v) is 4.59. The van der Waals surface area contributed by atoms with Gasteiger partial charge in [0.2, 0.25) is 0 Å². The topological polar surface area (TPSA) is 117 Å². The molecule has 12 heteroatoms. The Bertz CT molecular complexity index is 1240. The first-order valence-corrected chi connectivity index (χ1v) is 10.2. The van der Waals surface area contributed by atoms with Crippen molar-refractivity contribution in [2.45, 2.75) is 24.8 Å². The van der Waals surface area contributed by atoms with Gasteiger partial charge in [0, 0.05) is 23.5 Å². The summed E-state index contributed by atoms with van der Waals surface area (Å²) in [5.74, 6) is -2.63. The van der Waals surface area contributed by atoms with E-state index in [-0.39, 0.29) is 5.69 Å². The van der Waals surface area contributed by atoms with Gasteiger partial charge in [0.05, 0.1) is 40.3 Å². The summed E-state index contributed by atoms with van der Waals surface area (Å²) >= 11 is 0. The molecule has 3 heterocycles. The Morgan fingerprint density at radius 1 is 1.28 bits per heavy atom. The van der Waals surface area contributed by atoms with Gasteiger partial charge >= 0.3 is 6.18 Å². The lowest BCUT2D eigenvalue weighted by atomic mass is 9.94. The third kappa shape index (κ3) is 3.86. The van der Waals surface area contributed by atoms with Crippen LogP contribution < -0.4 is 0 Å². The quantitative estimate of drug-likeness (QED) is 0.688. The second kappa shape index (κ2) is 6.70. The Balaban J connectivity index is 1.67. The number of rotatable bonds is 4. The average molecular weight is 422 g/mol. The molecule has 0 aliphatic heterocycles. The maximum absolute atomic E-state index is 12.5. The molecule has 0 bridgehead atoms. The van der Waals surface area contributed by atoms with Gasteiger partial charge in [-0.1, -0.05) is 0 Å². The van der Waals surface area contributed by atoms with Gasteiger partial charge in [0.1, 0.15) is 11.8 Å². The van der Waals surface area contributed by atoms with E-state index in [1.807, 2.05) is 6.07 Å². The Kier molecular flexibility index (Phi) is 4.42. The number of hydrogen-bond acceptors (Lipinski definition) is 6. The fraction of sp³-hybridized carbons (Fsp3) is 0.294.